The van der Waals surface area contributed by atoms with Gasteiger partial charge in [-0.15, -0.1) is 0 Å². The average Bonchev–Trinajstić information content (AvgIpc) is 2.46. The molecule has 1 aromatic carbocycles. The van der Waals surface area contributed by atoms with E-state index in [-0.39, 0.29) is 11.9 Å². The van der Waals surface area contributed by atoms with E-state index >= 15 is 0 Å². The summed E-state index contributed by atoms with van der Waals surface area (Å²) < 4.78 is 11.1. The summed E-state index contributed by atoms with van der Waals surface area (Å²) in [5.41, 5.74) is 7.59. The van der Waals surface area contributed by atoms with Gasteiger partial charge in [0.1, 0.15) is 19.3 Å². The van der Waals surface area contributed by atoms with Gasteiger partial charge in [-0.25, -0.2) is 0 Å². The molecule has 6 heteroatoms. The van der Waals surface area contributed by atoms with Crippen LogP contribution in [0, 0.1) is 0 Å². The van der Waals surface area contributed by atoms with Crippen molar-refractivity contribution in [3.05, 3.63) is 12.1 Å². The maximum absolute atomic E-state index is 12.0. The van der Waals surface area contributed by atoms with Crippen LogP contribution in [0.25, 0.3) is 0 Å². The molecule has 1 atom stereocenters. The molecule has 20 heavy (non-hydrogen) atoms. The van der Waals surface area contributed by atoms with E-state index in [1.165, 1.54) is 0 Å². The lowest BCUT2D eigenvalue weighted by Gasteiger charge is -2.37. The van der Waals surface area contributed by atoms with E-state index in [2.05, 4.69) is 5.32 Å². The quantitative estimate of drug-likeness (QED) is 0.780. The SMILES string of the molecule is CCC1C(=O)NCCN1c1cc2c(cc1N)OCCO2. The number of carbonyl (C=O) groups is 1. The molecule has 0 spiro atoms. The van der Waals surface area contributed by atoms with Crippen LogP contribution in [-0.4, -0.2) is 38.3 Å². The van der Waals surface area contributed by atoms with Crippen LogP contribution in [0.2, 0.25) is 0 Å². The van der Waals surface area contributed by atoms with Gasteiger partial charge in [0.15, 0.2) is 11.5 Å². The Labute approximate surface area is 117 Å². The molecule has 1 saturated heterocycles. The van der Waals surface area contributed by atoms with Crippen LogP contribution in [-0.2, 0) is 4.79 Å². The number of piperazine rings is 1. The Bertz CT molecular complexity index is 533. The largest absolute Gasteiger partial charge is 0.486 e. The standard InChI is InChI=1S/C14H19N3O3/c1-2-10-14(18)16-3-4-17(10)11-8-13-12(7-9(11)15)19-5-6-20-13/h7-8,10H,2-6,15H2,1H3,(H,16,18). The van der Waals surface area contributed by atoms with E-state index in [9.17, 15) is 4.79 Å². The average molecular weight is 277 g/mol. The third-order valence-corrected chi connectivity index (χ3v) is 3.72. The number of ether oxygens (including phenoxy) is 2. The van der Waals surface area contributed by atoms with Crippen molar-refractivity contribution in [1.29, 1.82) is 0 Å². The van der Waals surface area contributed by atoms with E-state index in [0.717, 1.165) is 18.7 Å². The van der Waals surface area contributed by atoms with Gasteiger partial charge < -0.3 is 25.4 Å². The highest BCUT2D eigenvalue weighted by atomic mass is 16.6. The molecule has 1 fully saturated rings. The Morgan fingerprint density at radius 2 is 2.05 bits per heavy atom. The van der Waals surface area contributed by atoms with Crippen molar-refractivity contribution < 1.29 is 14.3 Å². The van der Waals surface area contributed by atoms with Crippen LogP contribution in [0.3, 0.4) is 0 Å². The zero-order valence-corrected chi connectivity index (χ0v) is 11.5. The second-order valence-electron chi connectivity index (χ2n) is 4.96. The first-order chi connectivity index (χ1) is 9.70. The molecule has 0 aromatic heterocycles. The van der Waals surface area contributed by atoms with Gasteiger partial charge in [-0.3, -0.25) is 4.79 Å². The highest BCUT2D eigenvalue weighted by molar-refractivity contribution is 5.88. The first-order valence-electron chi connectivity index (χ1n) is 6.94. The zero-order chi connectivity index (χ0) is 14.1. The van der Waals surface area contributed by atoms with Crippen molar-refractivity contribution in [3.8, 4) is 11.5 Å². The molecule has 0 saturated carbocycles. The predicted octanol–water partition coefficient (Wildman–Crippen LogP) is 0.755. The maximum Gasteiger partial charge on any atom is 0.242 e. The van der Waals surface area contributed by atoms with E-state index in [1.54, 1.807) is 6.07 Å². The molecule has 3 N–H and O–H groups in total. The monoisotopic (exact) mass is 277 g/mol. The molecule has 1 aromatic rings. The highest BCUT2D eigenvalue weighted by Crippen LogP contribution is 2.39. The Hall–Kier alpha value is -2.11. The number of nitrogens with one attached hydrogen (secondary N) is 1. The van der Waals surface area contributed by atoms with Crippen LogP contribution in [0.5, 0.6) is 11.5 Å². The molecule has 2 aliphatic heterocycles. The number of hydrogen-bond donors (Lipinski definition) is 2. The molecule has 2 aliphatic rings. The minimum atomic E-state index is -0.186. The first kappa shape index (κ1) is 12.9. The number of amides is 1. The van der Waals surface area contributed by atoms with E-state index in [1.807, 2.05) is 17.9 Å². The minimum Gasteiger partial charge on any atom is -0.486 e. The number of fused-ring (bicyclic) bond motifs is 1. The summed E-state index contributed by atoms with van der Waals surface area (Å²) in [5, 5.41) is 2.89. The maximum atomic E-state index is 12.0. The van der Waals surface area contributed by atoms with Crippen molar-refractivity contribution in [2.24, 2.45) is 0 Å². The summed E-state index contributed by atoms with van der Waals surface area (Å²) >= 11 is 0. The van der Waals surface area contributed by atoms with E-state index < -0.39 is 0 Å². The summed E-state index contributed by atoms with van der Waals surface area (Å²) in [4.78, 5) is 14.0. The minimum absolute atomic E-state index is 0.0491. The molecule has 0 radical (unpaired) electrons. The van der Waals surface area contributed by atoms with Crippen molar-refractivity contribution >= 4 is 17.3 Å². The van der Waals surface area contributed by atoms with Gasteiger partial charge in [-0.05, 0) is 6.42 Å². The molecule has 108 valence electrons. The number of nitrogen functional groups attached to an aromatic ring is 1. The van der Waals surface area contributed by atoms with Crippen molar-refractivity contribution in [3.63, 3.8) is 0 Å². The van der Waals surface area contributed by atoms with Crippen LogP contribution < -0.4 is 25.4 Å². The van der Waals surface area contributed by atoms with Crippen LogP contribution >= 0.6 is 0 Å². The summed E-state index contributed by atoms with van der Waals surface area (Å²) in [6, 6.07) is 3.47. The van der Waals surface area contributed by atoms with Gasteiger partial charge in [0.25, 0.3) is 0 Å². The fourth-order valence-electron chi connectivity index (χ4n) is 2.75. The third kappa shape index (κ3) is 2.11. The molecule has 0 aliphatic carbocycles. The van der Waals surface area contributed by atoms with Crippen LogP contribution in [0.15, 0.2) is 12.1 Å². The summed E-state index contributed by atoms with van der Waals surface area (Å²) in [7, 11) is 0. The van der Waals surface area contributed by atoms with Crippen LogP contribution in [0.4, 0.5) is 11.4 Å². The molecule has 6 nitrogen and oxygen atoms in total. The van der Waals surface area contributed by atoms with Crippen molar-refractivity contribution in [1.82, 2.24) is 5.32 Å². The Morgan fingerprint density at radius 1 is 1.35 bits per heavy atom. The van der Waals surface area contributed by atoms with E-state index in [4.69, 9.17) is 15.2 Å². The summed E-state index contributed by atoms with van der Waals surface area (Å²) in [5.74, 6) is 1.42. The molecule has 3 rings (SSSR count). The summed E-state index contributed by atoms with van der Waals surface area (Å²) in [6.45, 7) is 4.44. The highest BCUT2D eigenvalue weighted by Gasteiger charge is 2.30. The van der Waals surface area contributed by atoms with Gasteiger partial charge in [-0.1, -0.05) is 6.92 Å². The Balaban J connectivity index is 1.98. The first-order valence-corrected chi connectivity index (χ1v) is 6.94. The molecular weight excluding hydrogens is 258 g/mol. The molecule has 2 heterocycles. The lowest BCUT2D eigenvalue weighted by atomic mass is 10.1. The lowest BCUT2D eigenvalue weighted by molar-refractivity contribution is -0.123. The predicted molar refractivity (Wildman–Crippen MR) is 76.3 cm³/mol. The van der Waals surface area contributed by atoms with Crippen molar-refractivity contribution in [2.75, 3.05) is 36.9 Å². The van der Waals surface area contributed by atoms with Crippen molar-refractivity contribution in [2.45, 2.75) is 19.4 Å². The summed E-state index contributed by atoms with van der Waals surface area (Å²) in [6.07, 6.45) is 0.736. The topological polar surface area (TPSA) is 76.8 Å². The molecule has 1 amide bonds. The number of hydrogen-bond acceptors (Lipinski definition) is 5. The van der Waals surface area contributed by atoms with Gasteiger partial charge in [0.2, 0.25) is 5.91 Å². The lowest BCUT2D eigenvalue weighted by Crippen LogP contribution is -2.55. The molecule has 0 bridgehead atoms. The molecule has 1 unspecified atom stereocenters. The van der Waals surface area contributed by atoms with E-state index in [0.29, 0.717) is 36.9 Å². The fourth-order valence-corrected chi connectivity index (χ4v) is 2.75. The van der Waals surface area contributed by atoms with Gasteiger partial charge in [0, 0.05) is 25.2 Å². The Kier molecular flexibility index (Phi) is 3.30. The number of nitrogens with two attached hydrogens (primary N) is 1. The smallest absolute Gasteiger partial charge is 0.242 e. The normalized spacial score (nSPS) is 21.6. The van der Waals surface area contributed by atoms with Gasteiger partial charge in [-0.2, -0.15) is 0 Å². The second kappa shape index (κ2) is 5.11. The number of benzene rings is 1. The number of rotatable bonds is 2. The third-order valence-electron chi connectivity index (χ3n) is 3.72. The Morgan fingerprint density at radius 3 is 2.75 bits per heavy atom. The number of anilines is 2. The number of nitrogens with zero attached hydrogens (tertiary/aromatic N) is 1. The van der Waals surface area contributed by atoms with Gasteiger partial charge in [0.05, 0.1) is 11.4 Å². The van der Waals surface area contributed by atoms with Crippen LogP contribution in [0.1, 0.15) is 13.3 Å². The van der Waals surface area contributed by atoms with Gasteiger partial charge >= 0.3 is 0 Å². The second-order valence-corrected chi connectivity index (χ2v) is 4.96. The molecular formula is C14H19N3O3. The fraction of sp³-hybridized carbons (Fsp3) is 0.500. The number of carbonyl (C=O) groups excluding carboxylic acids is 1. The zero-order valence-electron chi connectivity index (χ0n) is 11.5.